The van der Waals surface area contributed by atoms with Gasteiger partial charge in [-0.2, -0.15) is 0 Å². The van der Waals surface area contributed by atoms with Crippen molar-refractivity contribution in [3.8, 4) is 0 Å². The highest BCUT2D eigenvalue weighted by atomic mass is 16.3. The molecule has 0 aromatic carbocycles. The SMILES string of the molecule is C[C@H](O)[C@H](O)[C@H]1CNC2=C(N1)C(=O)NC(N)N2. The molecule has 0 aliphatic carbocycles. The fourth-order valence-corrected chi connectivity index (χ4v) is 1.86. The van der Waals surface area contributed by atoms with E-state index in [0.29, 0.717) is 18.1 Å². The lowest BCUT2D eigenvalue weighted by Gasteiger charge is -2.37. The van der Waals surface area contributed by atoms with Gasteiger partial charge in [-0.1, -0.05) is 0 Å². The van der Waals surface area contributed by atoms with Crippen LogP contribution in [0.4, 0.5) is 0 Å². The summed E-state index contributed by atoms with van der Waals surface area (Å²) in [6.45, 7) is 1.88. The quantitative estimate of drug-likeness (QED) is 0.267. The van der Waals surface area contributed by atoms with Crippen molar-refractivity contribution in [2.75, 3.05) is 6.54 Å². The summed E-state index contributed by atoms with van der Waals surface area (Å²) >= 11 is 0. The molecule has 2 aliphatic rings. The van der Waals surface area contributed by atoms with Crippen molar-refractivity contribution >= 4 is 5.91 Å². The van der Waals surface area contributed by atoms with Gasteiger partial charge in [0.15, 0.2) is 6.29 Å². The average Bonchev–Trinajstić information content (AvgIpc) is 2.27. The monoisotopic (exact) mass is 243 g/mol. The Morgan fingerprint density at radius 2 is 2.06 bits per heavy atom. The molecule has 0 aromatic rings. The second-order valence-corrected chi connectivity index (χ2v) is 4.21. The smallest absolute Gasteiger partial charge is 0.273 e. The maximum atomic E-state index is 11.6. The van der Waals surface area contributed by atoms with E-state index in [1.54, 1.807) is 0 Å². The third kappa shape index (κ3) is 2.28. The van der Waals surface area contributed by atoms with E-state index in [1.165, 1.54) is 6.92 Å². The zero-order chi connectivity index (χ0) is 12.6. The molecule has 0 radical (unpaired) electrons. The molecule has 0 aromatic heterocycles. The van der Waals surface area contributed by atoms with E-state index in [2.05, 4.69) is 21.3 Å². The van der Waals surface area contributed by atoms with Gasteiger partial charge in [-0.05, 0) is 6.92 Å². The van der Waals surface area contributed by atoms with E-state index < -0.39 is 24.5 Å². The number of aliphatic hydroxyl groups is 2. The van der Waals surface area contributed by atoms with Crippen molar-refractivity contribution in [2.45, 2.75) is 31.5 Å². The molecule has 17 heavy (non-hydrogen) atoms. The Kier molecular flexibility index (Phi) is 3.09. The Balaban J connectivity index is 2.12. The number of carbonyl (C=O) groups is 1. The Morgan fingerprint density at radius 3 is 2.71 bits per heavy atom. The van der Waals surface area contributed by atoms with E-state index in [-0.39, 0.29) is 5.91 Å². The zero-order valence-electron chi connectivity index (χ0n) is 9.40. The van der Waals surface area contributed by atoms with Crippen LogP contribution in [-0.4, -0.2) is 47.2 Å². The first-order valence-corrected chi connectivity index (χ1v) is 5.43. The van der Waals surface area contributed by atoms with Crippen molar-refractivity contribution in [2.24, 2.45) is 5.73 Å². The second-order valence-electron chi connectivity index (χ2n) is 4.21. The lowest BCUT2D eigenvalue weighted by Crippen LogP contribution is -2.65. The van der Waals surface area contributed by atoms with E-state index in [9.17, 15) is 15.0 Å². The molecule has 1 unspecified atom stereocenters. The van der Waals surface area contributed by atoms with Gasteiger partial charge in [0.05, 0.1) is 12.1 Å². The van der Waals surface area contributed by atoms with Gasteiger partial charge in [-0.3, -0.25) is 10.5 Å². The van der Waals surface area contributed by atoms with Gasteiger partial charge in [0.25, 0.3) is 5.91 Å². The fraction of sp³-hybridized carbons (Fsp3) is 0.667. The number of hydrogen-bond acceptors (Lipinski definition) is 7. The molecule has 8 N–H and O–H groups in total. The van der Waals surface area contributed by atoms with Gasteiger partial charge in [-0.15, -0.1) is 0 Å². The van der Waals surface area contributed by atoms with Crippen molar-refractivity contribution in [3.63, 3.8) is 0 Å². The van der Waals surface area contributed by atoms with E-state index in [4.69, 9.17) is 5.73 Å². The summed E-state index contributed by atoms with van der Waals surface area (Å²) in [5.41, 5.74) is 5.83. The first-order valence-electron chi connectivity index (χ1n) is 5.43. The molecule has 0 saturated carbocycles. The molecule has 8 heteroatoms. The third-order valence-corrected chi connectivity index (χ3v) is 2.80. The van der Waals surface area contributed by atoms with E-state index in [1.807, 2.05) is 0 Å². The van der Waals surface area contributed by atoms with Crippen LogP contribution in [0.3, 0.4) is 0 Å². The Hall–Kier alpha value is -1.51. The molecule has 4 atom stereocenters. The molecule has 1 amide bonds. The van der Waals surface area contributed by atoms with Crippen LogP contribution in [0.25, 0.3) is 0 Å². The van der Waals surface area contributed by atoms with Crippen LogP contribution in [0.15, 0.2) is 11.5 Å². The predicted octanol–water partition coefficient (Wildman–Crippen LogP) is -3.58. The molecule has 0 saturated heterocycles. The van der Waals surface area contributed by atoms with Crippen molar-refractivity contribution < 1.29 is 15.0 Å². The number of nitrogens with one attached hydrogen (secondary N) is 4. The lowest BCUT2D eigenvalue weighted by atomic mass is 10.0. The van der Waals surface area contributed by atoms with Gasteiger partial charge in [0.1, 0.15) is 17.6 Å². The molecule has 2 rings (SSSR count). The number of amides is 1. The van der Waals surface area contributed by atoms with Crippen LogP contribution >= 0.6 is 0 Å². The normalized spacial score (nSPS) is 31.4. The lowest BCUT2D eigenvalue weighted by molar-refractivity contribution is -0.119. The fourth-order valence-electron chi connectivity index (χ4n) is 1.86. The first-order chi connectivity index (χ1) is 7.99. The van der Waals surface area contributed by atoms with E-state index >= 15 is 0 Å². The first kappa shape index (κ1) is 12.0. The summed E-state index contributed by atoms with van der Waals surface area (Å²) < 4.78 is 0. The largest absolute Gasteiger partial charge is 0.391 e. The molecule has 96 valence electrons. The van der Waals surface area contributed by atoms with E-state index in [0.717, 1.165) is 0 Å². The summed E-state index contributed by atoms with van der Waals surface area (Å²) in [4.78, 5) is 11.6. The Bertz CT molecular complexity index is 357. The van der Waals surface area contributed by atoms with Gasteiger partial charge >= 0.3 is 0 Å². The third-order valence-electron chi connectivity index (χ3n) is 2.80. The van der Waals surface area contributed by atoms with Crippen molar-refractivity contribution in [1.29, 1.82) is 0 Å². The van der Waals surface area contributed by atoms with Gasteiger partial charge in [-0.25, -0.2) is 0 Å². The maximum absolute atomic E-state index is 11.6. The number of carbonyl (C=O) groups excluding carboxylic acids is 1. The summed E-state index contributed by atoms with van der Waals surface area (Å²) in [5.74, 6) is 0.163. The number of aliphatic hydroxyl groups excluding tert-OH is 2. The molecule has 2 aliphatic heterocycles. The summed E-state index contributed by atoms with van der Waals surface area (Å²) in [6, 6.07) is -0.435. The van der Waals surface area contributed by atoms with Crippen LogP contribution in [0.2, 0.25) is 0 Å². The highest BCUT2D eigenvalue weighted by Crippen LogP contribution is 2.11. The standard InChI is InChI=1S/C9H17N5O3/c1-3(15)6(16)4-2-11-7-5(12-4)8(17)14-9(10)13-7/h3-4,6,9,11-13,15-16H,2,10H2,1H3,(H,14,17)/t3-,4+,6-,9?/m0/s1. The Labute approximate surface area is 98.2 Å². The zero-order valence-corrected chi connectivity index (χ0v) is 9.40. The highest BCUT2D eigenvalue weighted by molar-refractivity contribution is 5.94. The number of nitrogens with two attached hydrogens (primary N) is 1. The topological polar surface area (TPSA) is 132 Å². The summed E-state index contributed by atoms with van der Waals surface area (Å²) in [6.07, 6.45) is -2.47. The van der Waals surface area contributed by atoms with Crippen LogP contribution in [0, 0.1) is 0 Å². The maximum Gasteiger partial charge on any atom is 0.273 e. The molecule has 0 bridgehead atoms. The molecule has 0 fully saturated rings. The van der Waals surface area contributed by atoms with Crippen LogP contribution in [0.5, 0.6) is 0 Å². The van der Waals surface area contributed by atoms with Crippen LogP contribution in [-0.2, 0) is 4.79 Å². The van der Waals surface area contributed by atoms with Gasteiger partial charge < -0.3 is 31.5 Å². The minimum absolute atomic E-state index is 0.294. The van der Waals surface area contributed by atoms with Crippen LogP contribution < -0.4 is 27.0 Å². The molecular weight excluding hydrogens is 226 g/mol. The van der Waals surface area contributed by atoms with Crippen molar-refractivity contribution in [1.82, 2.24) is 21.3 Å². The minimum atomic E-state index is -0.958. The molecular formula is C9H17N5O3. The molecule has 2 heterocycles. The predicted molar refractivity (Wildman–Crippen MR) is 58.9 cm³/mol. The average molecular weight is 243 g/mol. The highest BCUT2D eigenvalue weighted by Gasteiger charge is 2.34. The summed E-state index contributed by atoms with van der Waals surface area (Å²) in [5, 5.41) is 30.2. The van der Waals surface area contributed by atoms with Crippen molar-refractivity contribution in [3.05, 3.63) is 11.5 Å². The van der Waals surface area contributed by atoms with Gasteiger partial charge in [0.2, 0.25) is 0 Å². The number of rotatable bonds is 2. The summed E-state index contributed by atoms with van der Waals surface area (Å²) in [7, 11) is 0. The van der Waals surface area contributed by atoms with Gasteiger partial charge in [0, 0.05) is 6.54 Å². The second kappa shape index (κ2) is 4.40. The molecule has 0 spiro atoms. The Morgan fingerprint density at radius 1 is 1.35 bits per heavy atom. The number of hydrogen-bond donors (Lipinski definition) is 7. The minimum Gasteiger partial charge on any atom is -0.391 e. The molecule has 8 nitrogen and oxygen atoms in total. The van der Waals surface area contributed by atoms with Crippen LogP contribution in [0.1, 0.15) is 6.92 Å².